The van der Waals surface area contributed by atoms with Gasteiger partial charge in [0.05, 0.1) is 7.11 Å². The summed E-state index contributed by atoms with van der Waals surface area (Å²) in [4.78, 5) is 0. The van der Waals surface area contributed by atoms with E-state index >= 15 is 0 Å². The predicted octanol–water partition coefficient (Wildman–Crippen LogP) is 3.15. The Morgan fingerprint density at radius 2 is 2.00 bits per heavy atom. The van der Waals surface area contributed by atoms with Crippen LogP contribution in [0.1, 0.15) is 26.3 Å². The molecule has 0 saturated heterocycles. The van der Waals surface area contributed by atoms with Crippen molar-refractivity contribution >= 4 is 0 Å². The van der Waals surface area contributed by atoms with E-state index < -0.39 is 0 Å². The van der Waals surface area contributed by atoms with Crippen molar-refractivity contribution in [1.29, 1.82) is 0 Å². The maximum Gasteiger partial charge on any atom is 0.161 e. The summed E-state index contributed by atoms with van der Waals surface area (Å²) in [6.45, 7) is 11.4. The average molecular weight is 249 g/mol. The Morgan fingerprint density at radius 1 is 1.28 bits per heavy atom. The third-order valence-corrected chi connectivity index (χ3v) is 2.41. The average Bonchev–Trinajstić information content (AvgIpc) is 2.33. The molecule has 1 N–H and O–H groups in total. The van der Waals surface area contributed by atoms with E-state index in [2.05, 4.69) is 32.7 Å². The van der Waals surface area contributed by atoms with Gasteiger partial charge >= 0.3 is 0 Å². The first-order chi connectivity index (χ1) is 8.46. The quantitative estimate of drug-likeness (QED) is 0.786. The predicted molar refractivity (Wildman–Crippen MR) is 75.3 cm³/mol. The van der Waals surface area contributed by atoms with E-state index in [4.69, 9.17) is 9.47 Å². The lowest BCUT2D eigenvalue weighted by molar-refractivity contribution is 0.325. The Bertz CT molecular complexity index is 394. The van der Waals surface area contributed by atoms with E-state index in [9.17, 15) is 0 Å². The van der Waals surface area contributed by atoms with Crippen LogP contribution in [0, 0.1) is 0 Å². The molecule has 0 atom stereocenters. The molecule has 3 nitrogen and oxygen atoms in total. The fraction of sp³-hybridized carbons (Fsp3) is 0.467. The van der Waals surface area contributed by atoms with Crippen molar-refractivity contribution in [2.75, 3.05) is 13.7 Å². The van der Waals surface area contributed by atoms with Crippen LogP contribution in [0.2, 0.25) is 0 Å². The lowest BCUT2D eigenvalue weighted by atomic mass is 10.1. The minimum atomic E-state index is 0.0993. The van der Waals surface area contributed by atoms with Crippen LogP contribution in [-0.2, 0) is 6.54 Å². The number of rotatable bonds is 6. The zero-order valence-electron chi connectivity index (χ0n) is 11.7. The van der Waals surface area contributed by atoms with Gasteiger partial charge in [-0.15, -0.1) is 0 Å². The molecule has 1 aromatic rings. The topological polar surface area (TPSA) is 30.5 Å². The van der Waals surface area contributed by atoms with Crippen LogP contribution >= 0.6 is 0 Å². The monoisotopic (exact) mass is 249 g/mol. The molecule has 0 aliphatic rings. The Morgan fingerprint density at radius 3 is 2.56 bits per heavy atom. The maximum atomic E-state index is 5.58. The maximum absolute atomic E-state index is 5.58. The minimum absolute atomic E-state index is 0.0993. The fourth-order valence-corrected chi connectivity index (χ4v) is 1.46. The fourth-order valence-electron chi connectivity index (χ4n) is 1.46. The molecule has 0 unspecified atom stereocenters. The zero-order valence-corrected chi connectivity index (χ0v) is 11.7. The second-order valence-electron chi connectivity index (χ2n) is 5.19. The Hall–Kier alpha value is -1.48. The van der Waals surface area contributed by atoms with E-state index in [1.807, 2.05) is 18.2 Å². The van der Waals surface area contributed by atoms with Crippen molar-refractivity contribution in [1.82, 2.24) is 5.32 Å². The molecular weight excluding hydrogens is 226 g/mol. The van der Waals surface area contributed by atoms with Gasteiger partial charge in [-0.25, -0.2) is 0 Å². The van der Waals surface area contributed by atoms with Crippen molar-refractivity contribution in [2.45, 2.75) is 32.9 Å². The van der Waals surface area contributed by atoms with Crippen molar-refractivity contribution in [3.63, 3.8) is 0 Å². The lowest BCUT2D eigenvalue weighted by Crippen LogP contribution is -2.35. The van der Waals surface area contributed by atoms with E-state index in [1.165, 1.54) is 5.56 Å². The van der Waals surface area contributed by atoms with E-state index in [-0.39, 0.29) is 5.54 Å². The first-order valence-electron chi connectivity index (χ1n) is 6.12. The van der Waals surface area contributed by atoms with Crippen LogP contribution in [0.25, 0.3) is 0 Å². The van der Waals surface area contributed by atoms with Crippen LogP contribution in [0.15, 0.2) is 30.9 Å². The van der Waals surface area contributed by atoms with E-state index in [0.29, 0.717) is 6.61 Å². The number of nitrogens with one attached hydrogen (secondary N) is 1. The summed E-state index contributed by atoms with van der Waals surface area (Å²) < 4.78 is 10.8. The lowest BCUT2D eigenvalue weighted by Gasteiger charge is -2.21. The first kappa shape index (κ1) is 14.6. The molecule has 18 heavy (non-hydrogen) atoms. The molecule has 0 fully saturated rings. The molecule has 0 bridgehead atoms. The van der Waals surface area contributed by atoms with Gasteiger partial charge in [0, 0.05) is 12.1 Å². The normalized spacial score (nSPS) is 11.1. The third-order valence-electron chi connectivity index (χ3n) is 2.41. The van der Waals surface area contributed by atoms with Gasteiger partial charge in [-0.3, -0.25) is 0 Å². The van der Waals surface area contributed by atoms with Gasteiger partial charge in [-0.1, -0.05) is 18.7 Å². The molecule has 0 heterocycles. The standard InChI is InChI=1S/C15H23NO2/c1-6-9-18-14-10-12(7-8-13(14)17-5)11-16-15(2,3)4/h6-8,10,16H,1,9,11H2,2-5H3. The Labute approximate surface area is 110 Å². The largest absolute Gasteiger partial charge is 0.493 e. The smallest absolute Gasteiger partial charge is 0.161 e. The second kappa shape index (κ2) is 6.45. The minimum Gasteiger partial charge on any atom is -0.493 e. The van der Waals surface area contributed by atoms with Gasteiger partial charge in [0.2, 0.25) is 0 Å². The van der Waals surface area contributed by atoms with Crippen molar-refractivity contribution in [2.24, 2.45) is 0 Å². The van der Waals surface area contributed by atoms with E-state index in [0.717, 1.165) is 18.0 Å². The molecule has 1 rings (SSSR count). The Balaban J connectivity index is 2.78. The summed E-state index contributed by atoms with van der Waals surface area (Å²) in [5.41, 5.74) is 1.27. The van der Waals surface area contributed by atoms with Gasteiger partial charge in [0.15, 0.2) is 11.5 Å². The van der Waals surface area contributed by atoms with Crippen molar-refractivity contribution in [3.8, 4) is 11.5 Å². The summed E-state index contributed by atoms with van der Waals surface area (Å²) in [7, 11) is 1.64. The molecule has 1 aromatic carbocycles. The molecule has 0 radical (unpaired) electrons. The molecule has 0 aromatic heterocycles. The van der Waals surface area contributed by atoms with Gasteiger partial charge in [-0.05, 0) is 38.5 Å². The molecule has 3 heteroatoms. The number of ether oxygens (including phenoxy) is 2. The van der Waals surface area contributed by atoms with E-state index in [1.54, 1.807) is 13.2 Å². The summed E-state index contributed by atoms with van der Waals surface area (Å²) in [5.74, 6) is 1.50. The highest BCUT2D eigenvalue weighted by atomic mass is 16.5. The molecular formula is C15H23NO2. The molecule has 0 aliphatic carbocycles. The van der Waals surface area contributed by atoms with Gasteiger partial charge in [0.1, 0.15) is 6.61 Å². The number of hydrogen-bond donors (Lipinski definition) is 1. The summed E-state index contributed by atoms with van der Waals surface area (Å²) in [6, 6.07) is 5.97. The van der Waals surface area contributed by atoms with Gasteiger partial charge in [0.25, 0.3) is 0 Å². The van der Waals surface area contributed by atoms with Gasteiger partial charge < -0.3 is 14.8 Å². The highest BCUT2D eigenvalue weighted by molar-refractivity contribution is 5.43. The number of hydrogen-bond acceptors (Lipinski definition) is 3. The zero-order chi connectivity index (χ0) is 13.6. The highest BCUT2D eigenvalue weighted by Gasteiger charge is 2.10. The summed E-state index contributed by atoms with van der Waals surface area (Å²) in [5, 5.41) is 3.44. The molecule has 0 spiro atoms. The van der Waals surface area contributed by atoms with Crippen molar-refractivity contribution < 1.29 is 9.47 Å². The van der Waals surface area contributed by atoms with Crippen molar-refractivity contribution in [3.05, 3.63) is 36.4 Å². The summed E-state index contributed by atoms with van der Waals surface area (Å²) >= 11 is 0. The molecule has 0 saturated carbocycles. The summed E-state index contributed by atoms with van der Waals surface area (Å²) in [6.07, 6.45) is 1.72. The van der Waals surface area contributed by atoms with Crippen LogP contribution < -0.4 is 14.8 Å². The molecule has 0 amide bonds. The second-order valence-corrected chi connectivity index (χ2v) is 5.19. The third kappa shape index (κ3) is 4.80. The van der Waals surface area contributed by atoms with Crippen LogP contribution in [0.5, 0.6) is 11.5 Å². The molecule has 100 valence electrons. The Kier molecular flexibility index (Phi) is 5.23. The SMILES string of the molecule is C=CCOc1cc(CNC(C)(C)C)ccc1OC. The van der Waals surface area contributed by atoms with Crippen LogP contribution in [0.4, 0.5) is 0 Å². The number of benzene rings is 1. The van der Waals surface area contributed by atoms with Crippen LogP contribution in [-0.4, -0.2) is 19.3 Å². The van der Waals surface area contributed by atoms with Crippen LogP contribution in [0.3, 0.4) is 0 Å². The van der Waals surface area contributed by atoms with Gasteiger partial charge in [-0.2, -0.15) is 0 Å². The molecule has 0 aliphatic heterocycles. The highest BCUT2D eigenvalue weighted by Crippen LogP contribution is 2.28. The first-order valence-corrected chi connectivity index (χ1v) is 6.12. The number of methoxy groups -OCH3 is 1.